The van der Waals surface area contributed by atoms with Crippen molar-refractivity contribution in [3.05, 3.63) is 95.4 Å². The van der Waals surface area contributed by atoms with Gasteiger partial charge in [-0.25, -0.2) is 27.6 Å². The number of aromatic nitrogens is 2. The summed E-state index contributed by atoms with van der Waals surface area (Å²) in [5.74, 6) is -1.31. The van der Waals surface area contributed by atoms with E-state index in [0.717, 1.165) is 33.2 Å². The fourth-order valence-corrected chi connectivity index (χ4v) is 6.45. The molecule has 10 nitrogen and oxygen atoms in total. The lowest BCUT2D eigenvalue weighted by Crippen LogP contribution is -2.42. The minimum absolute atomic E-state index is 0.0217. The number of hydrogen-bond acceptors (Lipinski definition) is 10. The van der Waals surface area contributed by atoms with Gasteiger partial charge in [-0.05, 0) is 83.5 Å². The molecule has 4 rings (SSSR count). The van der Waals surface area contributed by atoms with Crippen molar-refractivity contribution in [3.63, 3.8) is 0 Å². The van der Waals surface area contributed by atoms with Crippen LogP contribution < -0.4 is 10.2 Å². The Hall–Kier alpha value is -4.20. The van der Waals surface area contributed by atoms with Gasteiger partial charge in [0.05, 0.1) is 10.6 Å². The molecule has 1 atom stereocenters. The molecule has 0 radical (unpaired) electrons. The normalized spacial score (nSPS) is 12.8. The quantitative estimate of drug-likeness (QED) is 0.145. The molecule has 0 aliphatic carbocycles. The summed E-state index contributed by atoms with van der Waals surface area (Å²) in [7, 11) is -4.20. The van der Waals surface area contributed by atoms with E-state index in [9.17, 15) is 22.4 Å². The number of nitrogens with zero attached hydrogens (tertiary/aromatic N) is 3. The highest BCUT2D eigenvalue weighted by molar-refractivity contribution is 7.91. The minimum Gasteiger partial charge on any atom is -0.459 e. The highest BCUT2D eigenvalue weighted by atomic mass is 32.2. The van der Waals surface area contributed by atoms with Gasteiger partial charge in [0.25, 0.3) is 0 Å². The van der Waals surface area contributed by atoms with Crippen LogP contribution in [0.15, 0.2) is 83.2 Å². The van der Waals surface area contributed by atoms with Gasteiger partial charge in [-0.3, -0.25) is 15.0 Å². The topological polar surface area (TPSA) is 128 Å². The van der Waals surface area contributed by atoms with Crippen LogP contribution in [-0.4, -0.2) is 48.2 Å². The van der Waals surface area contributed by atoms with E-state index < -0.39 is 50.8 Å². The summed E-state index contributed by atoms with van der Waals surface area (Å²) in [6.45, 7) is 9.73. The van der Waals surface area contributed by atoms with Crippen LogP contribution in [0.3, 0.4) is 0 Å². The lowest BCUT2D eigenvalue weighted by atomic mass is 10.1. The molecule has 4 aromatic rings. The Bertz CT molecular complexity index is 1750. The monoisotopic (exact) mass is 668 g/mol. The number of carbonyl (C=O) groups excluding carboxylic acids is 2. The molecule has 0 fully saturated rings. The van der Waals surface area contributed by atoms with Crippen LogP contribution in [0, 0.1) is 5.82 Å². The zero-order valence-electron chi connectivity index (χ0n) is 26.5. The maximum absolute atomic E-state index is 14.0. The van der Waals surface area contributed by atoms with E-state index >= 15 is 0 Å². The third-order valence-electron chi connectivity index (χ3n) is 6.20. The van der Waals surface area contributed by atoms with E-state index in [4.69, 9.17) is 9.47 Å². The third-order valence-corrected chi connectivity index (χ3v) is 8.98. The maximum Gasteiger partial charge on any atom is 0.416 e. The van der Waals surface area contributed by atoms with Crippen LogP contribution in [0.25, 0.3) is 10.6 Å². The van der Waals surface area contributed by atoms with E-state index in [1.54, 1.807) is 47.7 Å². The number of thiazole rings is 1. The molecule has 0 aliphatic rings. The first-order chi connectivity index (χ1) is 21.5. The van der Waals surface area contributed by atoms with E-state index in [-0.39, 0.29) is 23.0 Å². The molecule has 1 unspecified atom stereocenters. The zero-order chi connectivity index (χ0) is 33.7. The SMILES string of the molecule is CC(C)(C)OC(=O)CN(C(=O)OC(C)(C)C)c1cccc(C(NCc2ccc(-c3nccs3)cc2)S(=O)(=O)c2ccc(F)cc2)n1. The summed E-state index contributed by atoms with van der Waals surface area (Å²) >= 11 is 1.51. The Balaban J connectivity index is 1.71. The van der Waals surface area contributed by atoms with Gasteiger partial charge in [-0.2, -0.15) is 0 Å². The van der Waals surface area contributed by atoms with Crippen LogP contribution in [0.4, 0.5) is 15.0 Å². The summed E-state index contributed by atoms with van der Waals surface area (Å²) in [6, 6.07) is 16.5. The Morgan fingerprint density at radius 2 is 1.59 bits per heavy atom. The van der Waals surface area contributed by atoms with E-state index in [0.29, 0.717) is 0 Å². The average Bonchev–Trinajstić information content (AvgIpc) is 3.50. The molecule has 13 heteroatoms. The molecule has 0 bridgehead atoms. The van der Waals surface area contributed by atoms with Gasteiger partial charge >= 0.3 is 12.1 Å². The summed E-state index contributed by atoms with van der Waals surface area (Å²) in [4.78, 5) is 35.8. The van der Waals surface area contributed by atoms with Crippen LogP contribution >= 0.6 is 11.3 Å². The highest BCUT2D eigenvalue weighted by Gasteiger charge is 2.33. The summed E-state index contributed by atoms with van der Waals surface area (Å²) in [6.07, 6.45) is 0.855. The number of ether oxygens (including phenoxy) is 2. The van der Waals surface area contributed by atoms with Gasteiger partial charge in [0.2, 0.25) is 0 Å². The number of hydrogen-bond donors (Lipinski definition) is 1. The number of anilines is 1. The first-order valence-corrected chi connectivity index (χ1v) is 16.9. The third kappa shape index (κ3) is 9.41. The van der Waals surface area contributed by atoms with Gasteiger partial charge in [-0.1, -0.05) is 30.3 Å². The second-order valence-corrected chi connectivity index (χ2v) is 15.3. The average molecular weight is 669 g/mol. The molecule has 2 heterocycles. The second-order valence-electron chi connectivity index (χ2n) is 12.4. The van der Waals surface area contributed by atoms with Gasteiger partial charge < -0.3 is 9.47 Å². The van der Waals surface area contributed by atoms with Crippen LogP contribution in [-0.2, 0) is 30.7 Å². The van der Waals surface area contributed by atoms with E-state index in [2.05, 4.69) is 15.3 Å². The van der Waals surface area contributed by atoms with Crippen molar-refractivity contribution in [2.45, 2.75) is 69.6 Å². The van der Waals surface area contributed by atoms with E-state index in [1.165, 1.54) is 41.7 Å². The number of rotatable bonds is 10. The molecular formula is C33H37FN4O6S2. The first kappa shape index (κ1) is 34.7. The zero-order valence-corrected chi connectivity index (χ0v) is 28.1. The number of esters is 1. The molecule has 2 aromatic heterocycles. The number of benzene rings is 2. The smallest absolute Gasteiger partial charge is 0.416 e. The largest absolute Gasteiger partial charge is 0.459 e. The van der Waals surface area contributed by atoms with Crippen LogP contribution in [0.5, 0.6) is 0 Å². The molecule has 0 saturated carbocycles. The van der Waals surface area contributed by atoms with Crippen LogP contribution in [0.2, 0.25) is 0 Å². The summed E-state index contributed by atoms with van der Waals surface area (Å²) in [5, 5.41) is 4.41. The van der Waals surface area contributed by atoms with Gasteiger partial charge in [0, 0.05) is 23.7 Å². The molecule has 2 aromatic carbocycles. The van der Waals surface area contributed by atoms with Gasteiger partial charge in [0.1, 0.15) is 34.4 Å². The Kier molecular flexibility index (Phi) is 10.6. The fraction of sp³-hybridized carbons (Fsp3) is 0.333. The van der Waals surface area contributed by atoms with Gasteiger partial charge in [-0.15, -0.1) is 11.3 Å². The molecule has 0 saturated heterocycles. The Morgan fingerprint density at radius 3 is 2.17 bits per heavy atom. The molecule has 244 valence electrons. The lowest BCUT2D eigenvalue weighted by Gasteiger charge is -2.28. The van der Waals surface area contributed by atoms with Gasteiger partial charge in [0.15, 0.2) is 15.2 Å². The molecule has 1 N–H and O–H groups in total. The lowest BCUT2D eigenvalue weighted by molar-refractivity contribution is -0.153. The predicted molar refractivity (Wildman–Crippen MR) is 174 cm³/mol. The number of halogens is 1. The standard InChI is InChI=1S/C33H37FN4O6S2/c1-32(2,3)43-28(39)21-38(31(40)44-33(4,5)6)27-9-7-8-26(37-27)30(46(41,42)25-16-14-24(34)15-17-25)36-20-22-10-12-23(13-11-22)29-35-18-19-45-29/h7-19,30,36H,20-21H2,1-6H3. The Morgan fingerprint density at radius 1 is 0.935 bits per heavy atom. The van der Waals surface area contributed by atoms with Crippen molar-refractivity contribution in [1.29, 1.82) is 0 Å². The molecule has 1 amide bonds. The number of sulfone groups is 1. The van der Waals surface area contributed by atoms with Crippen molar-refractivity contribution in [3.8, 4) is 10.6 Å². The predicted octanol–water partition coefficient (Wildman–Crippen LogP) is 6.69. The highest BCUT2D eigenvalue weighted by Crippen LogP contribution is 2.29. The van der Waals surface area contributed by atoms with Crippen molar-refractivity contribution in [2.24, 2.45) is 0 Å². The van der Waals surface area contributed by atoms with Crippen LogP contribution in [0.1, 0.15) is 58.2 Å². The number of pyridine rings is 1. The Labute approximate surface area is 272 Å². The molecule has 46 heavy (non-hydrogen) atoms. The first-order valence-electron chi connectivity index (χ1n) is 14.4. The summed E-state index contributed by atoms with van der Waals surface area (Å²) < 4.78 is 52.7. The number of carbonyl (C=O) groups is 2. The van der Waals surface area contributed by atoms with E-state index in [1.807, 2.05) is 29.6 Å². The molecule has 0 aliphatic heterocycles. The number of nitrogens with one attached hydrogen (secondary N) is 1. The molecular weight excluding hydrogens is 632 g/mol. The molecule has 0 spiro atoms. The second kappa shape index (κ2) is 14.1. The maximum atomic E-state index is 14.0. The number of amides is 1. The van der Waals surface area contributed by atoms with Crippen molar-refractivity contribution in [2.75, 3.05) is 11.4 Å². The van der Waals surface area contributed by atoms with Crippen molar-refractivity contribution in [1.82, 2.24) is 15.3 Å². The minimum atomic E-state index is -4.20. The summed E-state index contributed by atoms with van der Waals surface area (Å²) in [5.41, 5.74) is 0.0418. The fourth-order valence-electron chi connectivity index (χ4n) is 4.27. The van der Waals surface area contributed by atoms with Crippen molar-refractivity contribution >= 4 is 39.1 Å². The van der Waals surface area contributed by atoms with Crippen molar-refractivity contribution < 1.29 is 31.9 Å².